The summed E-state index contributed by atoms with van der Waals surface area (Å²) in [4.78, 5) is 0. The Morgan fingerprint density at radius 2 is 1.70 bits per heavy atom. The van der Waals surface area contributed by atoms with Gasteiger partial charge in [0.1, 0.15) is 5.82 Å². The number of halogens is 2. The van der Waals surface area contributed by atoms with E-state index in [-0.39, 0.29) is 11.9 Å². The number of rotatable bonds is 4. The van der Waals surface area contributed by atoms with E-state index in [9.17, 15) is 4.39 Å². The lowest BCUT2D eigenvalue weighted by Gasteiger charge is -2.20. The van der Waals surface area contributed by atoms with E-state index in [1.165, 1.54) is 6.07 Å². The third kappa shape index (κ3) is 3.20. The first-order chi connectivity index (χ1) is 9.52. The molecule has 3 heteroatoms. The van der Waals surface area contributed by atoms with Crippen molar-refractivity contribution < 1.29 is 4.39 Å². The number of hydrogen-bond acceptors (Lipinski definition) is 1. The van der Waals surface area contributed by atoms with Crippen molar-refractivity contribution in [2.75, 3.05) is 6.54 Å². The summed E-state index contributed by atoms with van der Waals surface area (Å²) < 4.78 is 13.4. The summed E-state index contributed by atoms with van der Waals surface area (Å²) >= 11 is 6.21. The predicted octanol–water partition coefficient (Wildman–Crippen LogP) is 4.79. The molecule has 2 rings (SSSR count). The zero-order chi connectivity index (χ0) is 14.7. The van der Waals surface area contributed by atoms with Crippen LogP contribution >= 0.6 is 11.6 Å². The van der Waals surface area contributed by atoms with Gasteiger partial charge in [-0.1, -0.05) is 42.8 Å². The Morgan fingerprint density at radius 3 is 2.30 bits per heavy atom. The molecular formula is C17H19ClFN. The summed E-state index contributed by atoms with van der Waals surface area (Å²) in [5.41, 5.74) is 3.85. The van der Waals surface area contributed by atoms with Crippen molar-refractivity contribution in [1.82, 2.24) is 5.32 Å². The van der Waals surface area contributed by atoms with Crippen molar-refractivity contribution >= 4 is 11.6 Å². The van der Waals surface area contributed by atoms with E-state index in [2.05, 4.69) is 18.3 Å². The smallest absolute Gasteiger partial charge is 0.126 e. The fourth-order valence-corrected chi connectivity index (χ4v) is 2.46. The van der Waals surface area contributed by atoms with Gasteiger partial charge in [-0.05, 0) is 54.8 Å². The highest BCUT2D eigenvalue weighted by Crippen LogP contribution is 2.27. The Balaban J connectivity index is 2.44. The van der Waals surface area contributed by atoms with Crippen LogP contribution in [0.15, 0.2) is 36.4 Å². The second-order valence-corrected chi connectivity index (χ2v) is 5.42. The van der Waals surface area contributed by atoms with Gasteiger partial charge in [0.25, 0.3) is 0 Å². The standard InChI is InChI=1S/C17H19ClFN/c1-4-20-17(13-7-8-16(19)12(3)9-13)14-6-5-11(2)15(18)10-14/h5-10,17,20H,4H2,1-3H3. The molecule has 20 heavy (non-hydrogen) atoms. The molecule has 1 unspecified atom stereocenters. The Kier molecular flexibility index (Phi) is 4.79. The third-order valence-corrected chi connectivity index (χ3v) is 3.86. The molecule has 0 fully saturated rings. The van der Waals surface area contributed by atoms with Crippen molar-refractivity contribution in [2.45, 2.75) is 26.8 Å². The second-order valence-electron chi connectivity index (χ2n) is 5.01. The molecule has 0 radical (unpaired) electrons. The van der Waals surface area contributed by atoms with Crippen LogP contribution in [0.2, 0.25) is 5.02 Å². The van der Waals surface area contributed by atoms with Crippen LogP contribution in [-0.4, -0.2) is 6.54 Å². The Bertz CT molecular complexity index is 558. The first kappa shape index (κ1) is 15.0. The Hall–Kier alpha value is -1.38. The van der Waals surface area contributed by atoms with Gasteiger partial charge in [0.15, 0.2) is 0 Å². The van der Waals surface area contributed by atoms with Gasteiger partial charge in [-0.25, -0.2) is 4.39 Å². The Labute approximate surface area is 124 Å². The van der Waals surface area contributed by atoms with E-state index < -0.39 is 0 Å². The molecule has 0 aliphatic heterocycles. The maximum Gasteiger partial charge on any atom is 0.126 e. The van der Waals surface area contributed by atoms with Crippen LogP contribution in [0, 0.1) is 19.7 Å². The molecule has 106 valence electrons. The van der Waals surface area contributed by atoms with Gasteiger partial charge in [-0.2, -0.15) is 0 Å². The van der Waals surface area contributed by atoms with Crippen LogP contribution in [0.3, 0.4) is 0 Å². The normalized spacial score (nSPS) is 12.4. The van der Waals surface area contributed by atoms with Gasteiger partial charge in [0, 0.05) is 5.02 Å². The van der Waals surface area contributed by atoms with E-state index in [4.69, 9.17) is 11.6 Å². The summed E-state index contributed by atoms with van der Waals surface area (Å²) in [6.45, 7) is 6.64. The number of benzene rings is 2. The summed E-state index contributed by atoms with van der Waals surface area (Å²) in [5, 5.41) is 4.18. The minimum absolute atomic E-state index is 0.0254. The zero-order valence-electron chi connectivity index (χ0n) is 12.0. The van der Waals surface area contributed by atoms with Gasteiger partial charge < -0.3 is 5.32 Å². The maximum atomic E-state index is 13.4. The average Bonchev–Trinajstić information content (AvgIpc) is 2.43. The molecule has 0 amide bonds. The fraction of sp³-hybridized carbons (Fsp3) is 0.294. The van der Waals surface area contributed by atoms with Crippen molar-refractivity contribution in [3.63, 3.8) is 0 Å². The molecule has 1 nitrogen and oxygen atoms in total. The number of nitrogens with one attached hydrogen (secondary N) is 1. The first-order valence-electron chi connectivity index (χ1n) is 6.78. The van der Waals surface area contributed by atoms with Crippen LogP contribution in [-0.2, 0) is 0 Å². The highest BCUT2D eigenvalue weighted by molar-refractivity contribution is 6.31. The average molecular weight is 292 g/mol. The van der Waals surface area contributed by atoms with Crippen LogP contribution in [0.4, 0.5) is 4.39 Å². The molecule has 0 heterocycles. The Morgan fingerprint density at radius 1 is 1.05 bits per heavy atom. The largest absolute Gasteiger partial charge is 0.307 e. The van der Waals surface area contributed by atoms with Crippen molar-refractivity contribution in [3.05, 3.63) is 69.5 Å². The van der Waals surface area contributed by atoms with Gasteiger partial charge in [0.2, 0.25) is 0 Å². The lowest BCUT2D eigenvalue weighted by Crippen LogP contribution is -2.22. The van der Waals surface area contributed by atoms with Gasteiger partial charge >= 0.3 is 0 Å². The molecule has 0 bridgehead atoms. The van der Waals surface area contributed by atoms with E-state index in [1.54, 1.807) is 6.92 Å². The first-order valence-corrected chi connectivity index (χ1v) is 7.16. The molecule has 0 aliphatic rings. The molecule has 1 N–H and O–H groups in total. The SMILES string of the molecule is CCNC(c1ccc(F)c(C)c1)c1ccc(C)c(Cl)c1. The quantitative estimate of drug-likeness (QED) is 0.853. The van der Waals surface area contributed by atoms with E-state index in [0.717, 1.165) is 28.3 Å². The molecule has 0 aromatic heterocycles. The third-order valence-electron chi connectivity index (χ3n) is 3.45. The van der Waals surface area contributed by atoms with Crippen LogP contribution < -0.4 is 5.32 Å². The maximum absolute atomic E-state index is 13.4. The number of hydrogen-bond donors (Lipinski definition) is 1. The molecule has 1 atom stereocenters. The minimum atomic E-state index is -0.175. The van der Waals surface area contributed by atoms with Crippen LogP contribution in [0.5, 0.6) is 0 Å². The monoisotopic (exact) mass is 291 g/mol. The summed E-state index contributed by atoms with van der Waals surface area (Å²) in [6, 6.07) is 11.3. The molecule has 0 spiro atoms. The second kappa shape index (κ2) is 6.38. The van der Waals surface area contributed by atoms with E-state index in [0.29, 0.717) is 5.56 Å². The number of aryl methyl sites for hydroxylation is 2. The van der Waals surface area contributed by atoms with Crippen molar-refractivity contribution in [1.29, 1.82) is 0 Å². The lowest BCUT2D eigenvalue weighted by molar-refractivity contribution is 0.606. The van der Waals surface area contributed by atoms with Crippen LogP contribution in [0.25, 0.3) is 0 Å². The van der Waals surface area contributed by atoms with Crippen molar-refractivity contribution in [3.8, 4) is 0 Å². The summed E-state index contributed by atoms with van der Waals surface area (Å²) in [5.74, 6) is -0.175. The lowest BCUT2D eigenvalue weighted by atomic mass is 9.96. The molecule has 2 aromatic rings. The topological polar surface area (TPSA) is 12.0 Å². The molecule has 0 saturated carbocycles. The highest BCUT2D eigenvalue weighted by Gasteiger charge is 2.15. The highest BCUT2D eigenvalue weighted by atomic mass is 35.5. The van der Waals surface area contributed by atoms with E-state index in [1.807, 2.05) is 31.2 Å². The minimum Gasteiger partial charge on any atom is -0.307 e. The predicted molar refractivity (Wildman–Crippen MR) is 82.8 cm³/mol. The van der Waals surface area contributed by atoms with Crippen LogP contribution in [0.1, 0.15) is 35.2 Å². The molecule has 0 saturated heterocycles. The summed E-state index contributed by atoms with van der Waals surface area (Å²) in [6.07, 6.45) is 0. The van der Waals surface area contributed by atoms with E-state index >= 15 is 0 Å². The molecule has 2 aromatic carbocycles. The molecule has 0 aliphatic carbocycles. The van der Waals surface area contributed by atoms with Gasteiger partial charge in [0.05, 0.1) is 6.04 Å². The zero-order valence-corrected chi connectivity index (χ0v) is 12.8. The summed E-state index contributed by atoms with van der Waals surface area (Å²) in [7, 11) is 0. The molecular weight excluding hydrogens is 273 g/mol. The fourth-order valence-electron chi connectivity index (χ4n) is 2.27. The van der Waals surface area contributed by atoms with Crippen molar-refractivity contribution in [2.24, 2.45) is 0 Å². The van der Waals surface area contributed by atoms with Gasteiger partial charge in [-0.15, -0.1) is 0 Å². The van der Waals surface area contributed by atoms with Gasteiger partial charge in [-0.3, -0.25) is 0 Å².